The number of nitrogens with zero attached hydrogens (tertiary/aromatic N) is 1. The first-order chi connectivity index (χ1) is 15.1. The highest BCUT2D eigenvalue weighted by Crippen LogP contribution is 2.38. The lowest BCUT2D eigenvalue weighted by Gasteiger charge is -2.37. The van der Waals surface area contributed by atoms with Crippen molar-refractivity contribution in [2.45, 2.75) is 71.2 Å². The summed E-state index contributed by atoms with van der Waals surface area (Å²) in [5, 5.41) is 2.65. The van der Waals surface area contributed by atoms with Crippen LogP contribution < -0.4 is 5.32 Å². The van der Waals surface area contributed by atoms with Gasteiger partial charge in [-0.15, -0.1) is 0 Å². The van der Waals surface area contributed by atoms with E-state index in [0.29, 0.717) is 17.9 Å². The van der Waals surface area contributed by atoms with Gasteiger partial charge in [-0.1, -0.05) is 51.1 Å². The van der Waals surface area contributed by atoms with E-state index >= 15 is 0 Å². The number of hydrogen-bond donors (Lipinski definition) is 1. The molecule has 180 valence electrons. The first-order valence-electron chi connectivity index (χ1n) is 11.3. The van der Waals surface area contributed by atoms with E-state index in [-0.39, 0.29) is 22.6 Å². The average Bonchev–Trinajstić information content (AvgIpc) is 2.71. The molecule has 1 aromatic carbocycles. The molecule has 0 aliphatic rings. The Hall–Kier alpha value is -2.51. The Morgan fingerprint density at radius 3 is 2.15 bits per heavy atom. The highest BCUT2D eigenvalue weighted by molar-refractivity contribution is 6.74. The minimum Gasteiger partial charge on any atom is -0.456 e. The van der Waals surface area contributed by atoms with Crippen LogP contribution in [0.1, 0.15) is 79.6 Å². The molecule has 0 saturated heterocycles. The van der Waals surface area contributed by atoms with Gasteiger partial charge in [-0.05, 0) is 56.6 Å². The van der Waals surface area contributed by atoms with E-state index < -0.39 is 19.9 Å². The van der Waals surface area contributed by atoms with Gasteiger partial charge in [-0.25, -0.2) is 9.78 Å². The lowest BCUT2D eigenvalue weighted by molar-refractivity contribution is 0.00691. The number of hydrogen-bond acceptors (Lipinski definition) is 5. The monoisotopic (exact) mass is 470 g/mol. The molecule has 1 heterocycles. The van der Waals surface area contributed by atoms with Gasteiger partial charge in [0.2, 0.25) is 0 Å². The molecule has 1 atom stereocenters. The van der Waals surface area contributed by atoms with Crippen LogP contribution in [-0.4, -0.2) is 44.4 Å². The summed E-state index contributed by atoms with van der Waals surface area (Å²) in [6.07, 6.45) is 0. The van der Waals surface area contributed by atoms with Gasteiger partial charge in [0.15, 0.2) is 8.32 Å². The molecule has 2 rings (SSSR count). The Bertz CT molecular complexity index is 976. The van der Waals surface area contributed by atoms with Crippen LogP contribution in [0.2, 0.25) is 18.1 Å². The summed E-state index contributed by atoms with van der Waals surface area (Å²) in [5.74, 6) is -1.10. The van der Waals surface area contributed by atoms with Crippen LogP contribution in [0, 0.1) is 0 Å². The number of pyridine rings is 1. The lowest BCUT2D eigenvalue weighted by Crippen LogP contribution is -2.41. The second-order valence-corrected chi connectivity index (χ2v) is 15.6. The fourth-order valence-electron chi connectivity index (χ4n) is 2.98. The zero-order valence-electron chi connectivity index (χ0n) is 21.4. The number of esters is 1. The summed E-state index contributed by atoms with van der Waals surface area (Å²) in [6, 6.07) is 13.1. The number of ether oxygens (including phenoxy) is 1. The summed E-state index contributed by atoms with van der Waals surface area (Å²) in [6.45, 7) is 16.8. The van der Waals surface area contributed by atoms with Crippen molar-refractivity contribution in [1.82, 2.24) is 10.3 Å². The summed E-state index contributed by atoms with van der Waals surface area (Å²) in [4.78, 5) is 30.0. The SMILES string of the molecule is CNC(=O)c1cc(C(=O)OC(C)(C)C)cc(C(CO[Si](C)(C)C(C)(C)C)c2ccccc2)n1. The molecule has 0 aliphatic carbocycles. The van der Waals surface area contributed by atoms with Crippen LogP contribution in [-0.2, 0) is 9.16 Å². The van der Waals surface area contributed by atoms with Crippen LogP contribution in [0.15, 0.2) is 42.5 Å². The summed E-state index contributed by atoms with van der Waals surface area (Å²) < 4.78 is 12.1. The number of aromatic nitrogens is 1. The van der Waals surface area contributed by atoms with Gasteiger partial charge >= 0.3 is 5.97 Å². The smallest absolute Gasteiger partial charge is 0.338 e. The Kier molecular flexibility index (Phi) is 8.25. The number of benzene rings is 1. The Morgan fingerprint density at radius 2 is 1.64 bits per heavy atom. The first-order valence-corrected chi connectivity index (χ1v) is 14.2. The molecule has 1 unspecified atom stereocenters. The van der Waals surface area contributed by atoms with E-state index in [1.54, 1.807) is 13.1 Å². The molecule has 1 N–H and O–H groups in total. The third-order valence-corrected chi connectivity index (χ3v) is 10.4. The average molecular weight is 471 g/mol. The van der Waals surface area contributed by atoms with Crippen molar-refractivity contribution in [2.75, 3.05) is 13.7 Å². The van der Waals surface area contributed by atoms with Gasteiger partial charge in [0, 0.05) is 19.6 Å². The molecule has 0 fully saturated rings. The maximum absolute atomic E-state index is 12.9. The summed E-state index contributed by atoms with van der Waals surface area (Å²) >= 11 is 0. The quantitative estimate of drug-likeness (QED) is 0.424. The Labute approximate surface area is 199 Å². The molecular formula is C26H38N2O4Si. The topological polar surface area (TPSA) is 77.5 Å². The van der Waals surface area contributed by atoms with Crippen molar-refractivity contribution in [3.05, 3.63) is 65.0 Å². The molecule has 33 heavy (non-hydrogen) atoms. The zero-order chi connectivity index (χ0) is 25.0. The number of carbonyl (C=O) groups excluding carboxylic acids is 2. The minimum absolute atomic E-state index is 0.0489. The number of carbonyl (C=O) groups is 2. The Balaban J connectivity index is 2.57. The van der Waals surface area contributed by atoms with Crippen molar-refractivity contribution < 1.29 is 18.8 Å². The van der Waals surface area contributed by atoms with Gasteiger partial charge < -0.3 is 14.5 Å². The maximum atomic E-state index is 12.9. The second-order valence-electron chi connectivity index (χ2n) is 10.8. The lowest BCUT2D eigenvalue weighted by atomic mass is 9.94. The molecule has 0 bridgehead atoms. The molecule has 0 radical (unpaired) electrons. The van der Waals surface area contributed by atoms with Crippen molar-refractivity contribution in [3.63, 3.8) is 0 Å². The van der Waals surface area contributed by atoms with Gasteiger partial charge in [-0.3, -0.25) is 4.79 Å². The van der Waals surface area contributed by atoms with Crippen LogP contribution in [0.5, 0.6) is 0 Å². The molecular weight excluding hydrogens is 432 g/mol. The summed E-state index contributed by atoms with van der Waals surface area (Å²) in [7, 11) is -0.501. The third kappa shape index (κ3) is 7.24. The van der Waals surface area contributed by atoms with Crippen molar-refractivity contribution >= 4 is 20.2 Å². The van der Waals surface area contributed by atoms with Crippen LogP contribution in [0.25, 0.3) is 0 Å². The highest BCUT2D eigenvalue weighted by Gasteiger charge is 2.38. The Morgan fingerprint density at radius 1 is 1.03 bits per heavy atom. The van der Waals surface area contributed by atoms with Crippen LogP contribution >= 0.6 is 0 Å². The van der Waals surface area contributed by atoms with Crippen LogP contribution in [0.4, 0.5) is 0 Å². The van der Waals surface area contributed by atoms with Crippen molar-refractivity contribution in [2.24, 2.45) is 0 Å². The molecule has 1 amide bonds. The van der Waals surface area contributed by atoms with Gasteiger partial charge in [0.1, 0.15) is 11.3 Å². The molecule has 2 aromatic rings. The van der Waals surface area contributed by atoms with Crippen LogP contribution in [0.3, 0.4) is 0 Å². The largest absolute Gasteiger partial charge is 0.456 e. The predicted octanol–water partition coefficient (Wildman–Crippen LogP) is 5.55. The fraction of sp³-hybridized carbons (Fsp3) is 0.500. The molecule has 1 aromatic heterocycles. The molecule has 0 aliphatic heterocycles. The van der Waals surface area contributed by atoms with Gasteiger partial charge in [-0.2, -0.15) is 0 Å². The van der Waals surface area contributed by atoms with E-state index in [2.05, 4.69) is 44.2 Å². The first kappa shape index (κ1) is 26.7. The predicted molar refractivity (Wildman–Crippen MR) is 134 cm³/mol. The highest BCUT2D eigenvalue weighted by atomic mass is 28.4. The van der Waals surface area contributed by atoms with E-state index in [1.807, 2.05) is 51.1 Å². The van der Waals surface area contributed by atoms with E-state index in [9.17, 15) is 9.59 Å². The normalized spacial score (nSPS) is 13.4. The fourth-order valence-corrected chi connectivity index (χ4v) is 3.99. The maximum Gasteiger partial charge on any atom is 0.338 e. The number of amides is 1. The van der Waals surface area contributed by atoms with Gasteiger partial charge in [0.25, 0.3) is 5.91 Å². The third-order valence-electron chi connectivity index (χ3n) is 5.92. The minimum atomic E-state index is -2.04. The molecule has 6 nitrogen and oxygen atoms in total. The molecule has 0 spiro atoms. The number of nitrogens with one attached hydrogen (secondary N) is 1. The van der Waals surface area contributed by atoms with Crippen molar-refractivity contribution in [1.29, 1.82) is 0 Å². The number of rotatable bonds is 7. The summed E-state index contributed by atoms with van der Waals surface area (Å²) in [5.41, 5.74) is 1.42. The zero-order valence-corrected chi connectivity index (χ0v) is 22.4. The van der Waals surface area contributed by atoms with E-state index in [4.69, 9.17) is 9.16 Å². The van der Waals surface area contributed by atoms with Crippen molar-refractivity contribution in [3.8, 4) is 0 Å². The van der Waals surface area contributed by atoms with E-state index in [0.717, 1.165) is 5.56 Å². The standard InChI is InChI=1S/C26H38N2O4Si/c1-25(2,3)32-24(30)19-15-21(28-22(16-19)23(29)27-7)20(18-13-11-10-12-14-18)17-31-33(8,9)26(4,5)6/h10-16,20H,17H2,1-9H3,(H,27,29). The van der Waals surface area contributed by atoms with Gasteiger partial charge in [0.05, 0.1) is 11.3 Å². The molecule has 0 saturated carbocycles. The van der Waals surface area contributed by atoms with E-state index in [1.165, 1.54) is 6.07 Å². The second kappa shape index (κ2) is 10.2. The molecule has 7 heteroatoms.